The Bertz CT molecular complexity index is 938. The molecule has 0 aliphatic heterocycles. The van der Waals surface area contributed by atoms with Crippen LogP contribution in [0.2, 0.25) is 0 Å². The maximum absolute atomic E-state index is 11.9. The van der Waals surface area contributed by atoms with E-state index in [1.54, 1.807) is 0 Å². The lowest BCUT2D eigenvalue weighted by Crippen LogP contribution is -2.20. The third-order valence-corrected chi connectivity index (χ3v) is 3.39. The van der Waals surface area contributed by atoms with E-state index in [1.807, 2.05) is 0 Å². The number of carbonyl (C=O) groups excluding carboxylic acids is 1. The molecule has 2 rings (SSSR count). The Labute approximate surface area is 151 Å². The second-order valence-corrected chi connectivity index (χ2v) is 5.22. The number of carboxylic acids is 1. The number of benzene rings is 2. The van der Waals surface area contributed by atoms with Gasteiger partial charge in [0.1, 0.15) is 0 Å². The Morgan fingerprint density at radius 1 is 1.07 bits per heavy atom. The number of rotatable bonds is 7. The van der Waals surface area contributed by atoms with Gasteiger partial charge < -0.3 is 5.11 Å². The van der Waals surface area contributed by atoms with E-state index in [0.29, 0.717) is 5.56 Å². The summed E-state index contributed by atoms with van der Waals surface area (Å²) in [5, 5.41) is 34.2. The number of hydrogen-bond donors (Lipinski definition) is 2. The largest absolute Gasteiger partial charge is 0.478 e. The quantitative estimate of drug-likeness (QED) is 0.425. The molecule has 0 saturated carbocycles. The highest BCUT2D eigenvalue weighted by molar-refractivity contribution is 5.89. The summed E-state index contributed by atoms with van der Waals surface area (Å²) in [6.07, 6.45) is 0.872. The monoisotopic (exact) mass is 372 g/mol. The van der Waals surface area contributed by atoms with Crippen LogP contribution in [0.15, 0.2) is 47.6 Å². The lowest BCUT2D eigenvalue weighted by atomic mass is 10.1. The van der Waals surface area contributed by atoms with Gasteiger partial charge in [0.2, 0.25) is 5.91 Å². The first-order chi connectivity index (χ1) is 12.8. The van der Waals surface area contributed by atoms with Crippen molar-refractivity contribution in [3.05, 3.63) is 79.4 Å². The lowest BCUT2D eigenvalue weighted by molar-refractivity contribution is -0.394. The molecule has 0 aromatic heterocycles. The predicted octanol–water partition coefficient (Wildman–Crippen LogP) is 1.89. The number of nitro groups is 2. The van der Waals surface area contributed by atoms with Gasteiger partial charge in [-0.15, -0.1) is 0 Å². The van der Waals surface area contributed by atoms with E-state index < -0.39 is 39.5 Å². The molecule has 0 spiro atoms. The number of carboxylic acid groups (broad SMARTS) is 1. The first-order valence-corrected chi connectivity index (χ1v) is 7.35. The SMILES string of the molecule is O=C(Cc1ccc([N+](=O)[O-])cc1[N+](=O)[O-])N/N=C/c1ccc(C(=O)O)cc1. The molecule has 2 aromatic rings. The summed E-state index contributed by atoms with van der Waals surface area (Å²) in [6.45, 7) is 0. The Balaban J connectivity index is 2.04. The molecule has 11 heteroatoms. The zero-order valence-electron chi connectivity index (χ0n) is 13.6. The third kappa shape index (κ3) is 5.16. The van der Waals surface area contributed by atoms with Crippen LogP contribution in [0.1, 0.15) is 21.5 Å². The standard InChI is InChI=1S/C16H12N4O7/c21-15(18-17-9-10-1-3-11(4-2-10)16(22)23)7-12-5-6-13(19(24)25)8-14(12)20(26)27/h1-6,8-9H,7H2,(H,18,21)(H,22,23)/b17-9+. The number of hydrogen-bond acceptors (Lipinski definition) is 7. The van der Waals surface area contributed by atoms with Crippen LogP contribution >= 0.6 is 0 Å². The van der Waals surface area contributed by atoms with Crippen LogP contribution in [-0.2, 0) is 11.2 Å². The predicted molar refractivity (Wildman–Crippen MR) is 92.6 cm³/mol. The molecule has 11 nitrogen and oxygen atoms in total. The summed E-state index contributed by atoms with van der Waals surface area (Å²) >= 11 is 0. The highest BCUT2D eigenvalue weighted by atomic mass is 16.6. The number of aromatic carboxylic acids is 1. The van der Waals surface area contributed by atoms with Crippen molar-refractivity contribution in [3.8, 4) is 0 Å². The van der Waals surface area contributed by atoms with E-state index in [9.17, 15) is 29.8 Å². The average molecular weight is 372 g/mol. The summed E-state index contributed by atoms with van der Waals surface area (Å²) < 4.78 is 0. The van der Waals surface area contributed by atoms with Crippen molar-refractivity contribution < 1.29 is 24.5 Å². The summed E-state index contributed by atoms with van der Waals surface area (Å²) in [5.41, 5.74) is 1.83. The molecular weight excluding hydrogens is 360 g/mol. The molecule has 0 aliphatic carbocycles. The molecule has 0 saturated heterocycles. The topological polar surface area (TPSA) is 165 Å². The van der Waals surface area contributed by atoms with Crippen molar-refractivity contribution in [2.75, 3.05) is 0 Å². The number of non-ortho nitro benzene ring substituents is 1. The number of amides is 1. The van der Waals surface area contributed by atoms with Gasteiger partial charge in [-0.25, -0.2) is 10.2 Å². The fourth-order valence-electron chi connectivity index (χ4n) is 2.09. The second kappa shape index (κ2) is 8.29. The lowest BCUT2D eigenvalue weighted by Gasteiger charge is -2.02. The van der Waals surface area contributed by atoms with Crippen LogP contribution in [0.25, 0.3) is 0 Å². The number of nitrogens with one attached hydrogen (secondary N) is 1. The highest BCUT2D eigenvalue weighted by Gasteiger charge is 2.20. The Kier molecular flexibility index (Phi) is 5.89. The molecule has 2 aromatic carbocycles. The van der Waals surface area contributed by atoms with Crippen LogP contribution < -0.4 is 5.43 Å². The second-order valence-electron chi connectivity index (χ2n) is 5.22. The Hall–Kier alpha value is -4.15. The molecule has 0 atom stereocenters. The van der Waals surface area contributed by atoms with Crippen molar-refractivity contribution in [2.45, 2.75) is 6.42 Å². The van der Waals surface area contributed by atoms with E-state index in [-0.39, 0.29) is 11.1 Å². The highest BCUT2D eigenvalue weighted by Crippen LogP contribution is 2.24. The first kappa shape index (κ1) is 19.2. The number of nitro benzene ring substituents is 2. The van der Waals surface area contributed by atoms with Gasteiger partial charge in [0, 0.05) is 11.6 Å². The fourth-order valence-corrected chi connectivity index (χ4v) is 2.09. The molecule has 0 fully saturated rings. The summed E-state index contributed by atoms with van der Waals surface area (Å²) in [7, 11) is 0. The van der Waals surface area contributed by atoms with E-state index >= 15 is 0 Å². The van der Waals surface area contributed by atoms with Gasteiger partial charge in [0.25, 0.3) is 11.4 Å². The first-order valence-electron chi connectivity index (χ1n) is 7.35. The molecule has 0 radical (unpaired) electrons. The minimum absolute atomic E-state index is 0.00381. The van der Waals surface area contributed by atoms with Gasteiger partial charge in [0.15, 0.2) is 0 Å². The summed E-state index contributed by atoms with van der Waals surface area (Å²) in [5.74, 6) is -1.73. The third-order valence-electron chi connectivity index (χ3n) is 3.39. The minimum Gasteiger partial charge on any atom is -0.478 e. The maximum Gasteiger partial charge on any atom is 0.335 e. The van der Waals surface area contributed by atoms with Crippen LogP contribution in [0.5, 0.6) is 0 Å². The van der Waals surface area contributed by atoms with Gasteiger partial charge in [-0.3, -0.25) is 25.0 Å². The van der Waals surface area contributed by atoms with Crippen molar-refractivity contribution >= 4 is 29.5 Å². The van der Waals surface area contributed by atoms with Crippen LogP contribution in [0, 0.1) is 20.2 Å². The van der Waals surface area contributed by atoms with Crippen molar-refractivity contribution in [3.63, 3.8) is 0 Å². The van der Waals surface area contributed by atoms with Crippen LogP contribution in [0.3, 0.4) is 0 Å². The molecular formula is C16H12N4O7. The zero-order chi connectivity index (χ0) is 20.0. The Morgan fingerprint density at radius 3 is 2.30 bits per heavy atom. The van der Waals surface area contributed by atoms with Crippen molar-refractivity contribution in [2.24, 2.45) is 5.10 Å². The van der Waals surface area contributed by atoms with E-state index in [0.717, 1.165) is 18.2 Å². The number of hydrazone groups is 1. The van der Waals surface area contributed by atoms with Gasteiger partial charge in [0.05, 0.1) is 34.1 Å². The van der Waals surface area contributed by atoms with Crippen LogP contribution in [0.4, 0.5) is 11.4 Å². The number of carbonyl (C=O) groups is 2. The minimum atomic E-state index is -1.07. The van der Waals surface area contributed by atoms with Gasteiger partial charge in [-0.2, -0.15) is 5.10 Å². The molecule has 0 bridgehead atoms. The van der Waals surface area contributed by atoms with E-state index in [2.05, 4.69) is 10.5 Å². The smallest absolute Gasteiger partial charge is 0.335 e. The fraction of sp³-hybridized carbons (Fsp3) is 0.0625. The molecule has 138 valence electrons. The van der Waals surface area contributed by atoms with Gasteiger partial charge in [-0.05, 0) is 23.8 Å². The van der Waals surface area contributed by atoms with Gasteiger partial charge >= 0.3 is 5.97 Å². The summed E-state index contributed by atoms with van der Waals surface area (Å²) in [6, 6.07) is 8.71. The molecule has 0 aliphatic rings. The Morgan fingerprint density at radius 2 is 1.74 bits per heavy atom. The normalized spacial score (nSPS) is 10.5. The summed E-state index contributed by atoms with van der Waals surface area (Å²) in [4.78, 5) is 42.8. The molecule has 0 heterocycles. The van der Waals surface area contributed by atoms with Crippen molar-refractivity contribution in [1.82, 2.24) is 5.43 Å². The van der Waals surface area contributed by atoms with Crippen molar-refractivity contribution in [1.29, 1.82) is 0 Å². The molecule has 0 unspecified atom stereocenters. The zero-order valence-corrected chi connectivity index (χ0v) is 13.6. The van der Waals surface area contributed by atoms with Gasteiger partial charge in [-0.1, -0.05) is 12.1 Å². The molecule has 1 amide bonds. The average Bonchev–Trinajstić information content (AvgIpc) is 2.62. The molecule has 2 N–H and O–H groups in total. The van der Waals surface area contributed by atoms with E-state index in [4.69, 9.17) is 5.11 Å². The maximum atomic E-state index is 11.9. The van der Waals surface area contributed by atoms with Crippen LogP contribution in [-0.4, -0.2) is 33.0 Å². The number of nitrogens with zero attached hydrogens (tertiary/aromatic N) is 3. The molecule has 27 heavy (non-hydrogen) atoms. The van der Waals surface area contributed by atoms with E-state index in [1.165, 1.54) is 30.5 Å².